The minimum Gasteiger partial charge on any atom is -0.693 e. The van der Waals surface area contributed by atoms with E-state index in [0.29, 0.717) is 0 Å². The SMILES string of the molecule is I.[NH2-].[NH2-].[NH2-].[NH2-].[NH2-].[NH2-].[Os+6]. The molecule has 0 spiro atoms. The fraction of sp³-hybridized carbons (Fsp3) is 0. The first-order valence-corrected chi connectivity index (χ1v) is 0. The van der Waals surface area contributed by atoms with Crippen molar-refractivity contribution in [2.75, 3.05) is 0 Å². The molecule has 0 aliphatic carbocycles. The Kier molecular flexibility index (Phi) is 19300. The quantitative estimate of drug-likeness (QED) is 0.485. The van der Waals surface area contributed by atoms with E-state index in [-0.39, 0.29) is 80.7 Å². The van der Waals surface area contributed by atoms with Crippen LogP contribution in [0.2, 0.25) is 0 Å². The van der Waals surface area contributed by atoms with Crippen molar-refractivity contribution in [3.63, 3.8) is 0 Å². The summed E-state index contributed by atoms with van der Waals surface area (Å²) in [5.41, 5.74) is 0. The molecule has 0 aliphatic rings. The van der Waals surface area contributed by atoms with E-state index in [2.05, 4.69) is 0 Å². The number of nitrogens with two attached hydrogens (primary N) is 6. The van der Waals surface area contributed by atoms with Gasteiger partial charge in [-0.25, -0.2) is 0 Å². The van der Waals surface area contributed by atoms with Crippen LogP contribution in [-0.4, -0.2) is 0 Å². The fourth-order valence-electron chi connectivity index (χ4n) is 0. The van der Waals surface area contributed by atoms with Crippen molar-refractivity contribution >= 4 is 24.0 Å². The molecule has 6 nitrogen and oxygen atoms in total. The predicted octanol–water partition coefficient (Wildman–Crippen LogP) is 4.92. The summed E-state index contributed by atoms with van der Waals surface area (Å²) in [6, 6.07) is 0. The summed E-state index contributed by atoms with van der Waals surface area (Å²) in [6.07, 6.45) is 0. The van der Waals surface area contributed by atoms with Crippen molar-refractivity contribution in [1.29, 1.82) is 0 Å². The van der Waals surface area contributed by atoms with Crippen LogP contribution in [0.3, 0.4) is 0 Å². The second kappa shape index (κ2) is 325. The first-order valence-electron chi connectivity index (χ1n) is 0. The number of rotatable bonds is 0. The Balaban J connectivity index is 0. The summed E-state index contributed by atoms with van der Waals surface area (Å²) < 4.78 is 0. The van der Waals surface area contributed by atoms with Crippen LogP contribution < -0.4 is 0 Å². The van der Waals surface area contributed by atoms with Crippen LogP contribution in [0.1, 0.15) is 0 Å². The van der Waals surface area contributed by atoms with E-state index < -0.39 is 0 Å². The second-order valence-corrected chi connectivity index (χ2v) is 0. The zero-order chi connectivity index (χ0) is 0. The summed E-state index contributed by atoms with van der Waals surface area (Å²) in [7, 11) is 0. The van der Waals surface area contributed by atoms with Gasteiger partial charge >= 0.3 is 19.8 Å². The molecule has 12 N–H and O–H groups in total. The van der Waals surface area contributed by atoms with Crippen LogP contribution in [0.15, 0.2) is 0 Å². The summed E-state index contributed by atoms with van der Waals surface area (Å²) in [5, 5.41) is 0. The van der Waals surface area contributed by atoms with E-state index in [9.17, 15) is 0 Å². The summed E-state index contributed by atoms with van der Waals surface area (Å²) in [6.45, 7) is 0. The zero-order valence-electron chi connectivity index (χ0n) is 4.23. The van der Waals surface area contributed by atoms with Crippen LogP contribution in [-0.2, 0) is 19.8 Å². The molecule has 0 amide bonds. The van der Waals surface area contributed by atoms with Crippen molar-refractivity contribution < 1.29 is 19.8 Å². The minimum absolute atomic E-state index is 0. The van der Waals surface area contributed by atoms with E-state index in [4.69, 9.17) is 0 Å². The van der Waals surface area contributed by atoms with Crippen molar-refractivity contribution in [3.8, 4) is 0 Å². The first-order chi connectivity index (χ1) is 0. The average molecular weight is 414 g/mol. The van der Waals surface area contributed by atoms with Crippen LogP contribution in [0, 0.1) is 0 Å². The maximum Gasteiger partial charge on any atom is 6.00 e. The monoisotopic (exact) mass is 416 g/mol. The summed E-state index contributed by atoms with van der Waals surface area (Å²) >= 11 is 0. The topological polar surface area (TPSA) is 201 Å². The summed E-state index contributed by atoms with van der Waals surface area (Å²) in [4.78, 5) is 0. The predicted molar refractivity (Wildman–Crippen MR) is 47.1 cm³/mol. The van der Waals surface area contributed by atoms with E-state index in [1.54, 1.807) is 0 Å². The van der Waals surface area contributed by atoms with Crippen LogP contribution in [0.4, 0.5) is 0 Å². The van der Waals surface area contributed by atoms with E-state index >= 15 is 0 Å². The van der Waals surface area contributed by atoms with Crippen molar-refractivity contribution in [2.45, 2.75) is 0 Å². The maximum absolute atomic E-state index is 0. The van der Waals surface area contributed by atoms with Crippen molar-refractivity contribution in [3.05, 3.63) is 36.9 Å². The Labute approximate surface area is 80.5 Å². The molecule has 0 rings (SSSR count). The molecular formula is H13IN6Os. The van der Waals surface area contributed by atoms with Gasteiger partial charge in [0.15, 0.2) is 0 Å². The molecule has 0 fully saturated rings. The van der Waals surface area contributed by atoms with Crippen LogP contribution in [0.5, 0.6) is 0 Å². The minimum atomic E-state index is 0. The molecule has 0 atom stereocenters. The molecule has 0 bridgehead atoms. The third kappa shape index (κ3) is 211. The molecule has 0 saturated carbocycles. The van der Waals surface area contributed by atoms with Gasteiger partial charge in [0.05, 0.1) is 0 Å². The normalized spacial score (nSPS) is 0. The van der Waals surface area contributed by atoms with Gasteiger partial charge in [-0.15, -0.1) is 24.0 Å². The molecule has 0 aromatic heterocycles. The summed E-state index contributed by atoms with van der Waals surface area (Å²) in [5.74, 6) is 0. The third-order valence-electron chi connectivity index (χ3n) is 0. The molecule has 58 valence electrons. The maximum atomic E-state index is 0. The zero-order valence-corrected chi connectivity index (χ0v) is 9.10. The van der Waals surface area contributed by atoms with Gasteiger partial charge in [-0.1, -0.05) is 0 Å². The van der Waals surface area contributed by atoms with E-state index in [0.717, 1.165) is 0 Å². The fourth-order valence-corrected chi connectivity index (χ4v) is 0. The number of halogens is 1. The number of hydrogen-bond donors (Lipinski definition) is 0. The van der Waals surface area contributed by atoms with Gasteiger partial charge in [-0.3, -0.25) is 0 Å². The van der Waals surface area contributed by atoms with Crippen molar-refractivity contribution in [1.82, 2.24) is 0 Å². The molecule has 0 unspecified atom stereocenters. The second-order valence-electron chi connectivity index (χ2n) is 0. The Morgan fingerprint density at radius 3 is 0.375 bits per heavy atom. The van der Waals surface area contributed by atoms with E-state index in [1.807, 2.05) is 0 Å². The smallest absolute Gasteiger partial charge is 0.693 e. The standard InChI is InChI=1S/HI.6H2N.Os/h1H;6*1H2;/q;6*-1;+6. The molecule has 0 radical (unpaired) electrons. The molecular weight excluding hydrogens is 401 g/mol. The Morgan fingerprint density at radius 1 is 0.375 bits per heavy atom. The van der Waals surface area contributed by atoms with Gasteiger partial charge in [-0.05, 0) is 0 Å². The number of hydrogen-bond acceptors (Lipinski definition) is 0. The van der Waals surface area contributed by atoms with Gasteiger partial charge in [0.1, 0.15) is 0 Å². The van der Waals surface area contributed by atoms with Crippen LogP contribution >= 0.6 is 24.0 Å². The molecule has 8 heavy (non-hydrogen) atoms. The third-order valence-corrected chi connectivity index (χ3v) is 0. The largest absolute Gasteiger partial charge is 6.00 e. The average Bonchev–Trinajstić information content (AvgIpc) is 0. The molecule has 0 aromatic carbocycles. The van der Waals surface area contributed by atoms with Gasteiger partial charge in [0.2, 0.25) is 0 Å². The van der Waals surface area contributed by atoms with E-state index in [1.165, 1.54) is 0 Å². The first kappa shape index (κ1) is 475. The van der Waals surface area contributed by atoms with Gasteiger partial charge in [0, 0.05) is 0 Å². The molecule has 8 heteroatoms. The Bertz CT molecular complexity index is 8.49. The molecule has 0 saturated heterocycles. The Hall–Kier alpha value is 1.13. The molecule has 0 heterocycles. The molecule has 0 aliphatic heterocycles. The van der Waals surface area contributed by atoms with Gasteiger partial charge in [0.25, 0.3) is 0 Å². The van der Waals surface area contributed by atoms with Crippen LogP contribution in [0.25, 0.3) is 36.9 Å². The van der Waals surface area contributed by atoms with Crippen molar-refractivity contribution in [2.24, 2.45) is 0 Å². The van der Waals surface area contributed by atoms with Gasteiger partial charge in [-0.2, -0.15) is 0 Å². The Morgan fingerprint density at radius 2 is 0.375 bits per heavy atom. The molecule has 0 aromatic rings. The van der Waals surface area contributed by atoms with Gasteiger partial charge < -0.3 is 36.9 Å².